The second-order valence-corrected chi connectivity index (χ2v) is 10.3. The summed E-state index contributed by atoms with van der Waals surface area (Å²) in [4.78, 5) is 22.3. The van der Waals surface area contributed by atoms with Gasteiger partial charge in [-0.2, -0.15) is 14.6 Å². The Kier molecular flexibility index (Phi) is 5.45. The Morgan fingerprint density at radius 3 is 2.59 bits per heavy atom. The van der Waals surface area contributed by atoms with Gasteiger partial charge in [-0.05, 0) is 37.5 Å². The fourth-order valence-corrected chi connectivity index (χ4v) is 5.25. The van der Waals surface area contributed by atoms with E-state index in [4.69, 9.17) is 5.73 Å². The van der Waals surface area contributed by atoms with Crippen LogP contribution in [0.1, 0.15) is 24.1 Å². The molecule has 2 fully saturated rings. The molecule has 13 heteroatoms. The molecule has 39 heavy (non-hydrogen) atoms. The number of fused-ring (bicyclic) bond motifs is 3. The average Bonchev–Trinajstić information content (AvgIpc) is 3.34. The lowest BCUT2D eigenvalue weighted by atomic mass is 10.1. The van der Waals surface area contributed by atoms with Gasteiger partial charge < -0.3 is 15.7 Å². The summed E-state index contributed by atoms with van der Waals surface area (Å²) < 4.78 is 18.0. The van der Waals surface area contributed by atoms with E-state index in [-0.39, 0.29) is 11.8 Å². The van der Waals surface area contributed by atoms with Crippen LogP contribution in [0.15, 0.2) is 36.8 Å². The maximum atomic E-state index is 14.6. The molecule has 1 aliphatic heterocycles. The Morgan fingerprint density at radius 1 is 1.03 bits per heavy atom. The van der Waals surface area contributed by atoms with Crippen molar-refractivity contribution in [2.45, 2.75) is 31.9 Å². The lowest BCUT2D eigenvalue weighted by Gasteiger charge is -2.36. The highest BCUT2D eigenvalue weighted by Gasteiger charge is 2.42. The molecule has 0 radical (unpaired) electrons. The van der Waals surface area contributed by atoms with E-state index in [1.807, 2.05) is 17.7 Å². The van der Waals surface area contributed by atoms with Gasteiger partial charge in [-0.1, -0.05) is 6.07 Å². The van der Waals surface area contributed by atoms with Gasteiger partial charge in [0.25, 0.3) is 0 Å². The average molecular weight is 530 g/mol. The number of hydrogen-bond acceptors (Lipinski definition) is 10. The first-order valence-electron chi connectivity index (χ1n) is 13.1. The Labute approximate surface area is 222 Å². The summed E-state index contributed by atoms with van der Waals surface area (Å²) in [6, 6.07) is 4.98. The van der Waals surface area contributed by atoms with Gasteiger partial charge in [0, 0.05) is 45.1 Å². The highest BCUT2D eigenvalue weighted by molar-refractivity contribution is 5.90. The van der Waals surface area contributed by atoms with Crippen LogP contribution in [0.2, 0.25) is 0 Å². The maximum Gasteiger partial charge on any atom is 0.225 e. The van der Waals surface area contributed by atoms with Gasteiger partial charge in [0.1, 0.15) is 11.5 Å². The minimum atomic E-state index is -0.775. The zero-order chi connectivity index (χ0) is 26.7. The van der Waals surface area contributed by atoms with Crippen LogP contribution in [-0.2, 0) is 12.1 Å². The second-order valence-electron chi connectivity index (χ2n) is 10.3. The molecule has 1 aliphatic carbocycles. The van der Waals surface area contributed by atoms with Crippen LogP contribution < -0.4 is 10.6 Å². The number of hydrogen-bond donors (Lipinski definition) is 2. The SMILES string of the molecule is Cc1nccnc1-c1nc2c3cnn(CCN4CCN(c5cc(C6(O)CC6)ccc5F)CC4)c3nc(N)n2n1. The zero-order valence-electron chi connectivity index (χ0n) is 21.5. The van der Waals surface area contributed by atoms with Gasteiger partial charge in [0.2, 0.25) is 11.8 Å². The van der Waals surface area contributed by atoms with Gasteiger partial charge in [-0.3, -0.25) is 9.88 Å². The second kappa shape index (κ2) is 8.92. The number of anilines is 2. The Balaban J connectivity index is 1.06. The topological polar surface area (TPSA) is 139 Å². The lowest BCUT2D eigenvalue weighted by molar-refractivity contribution is 0.151. The van der Waals surface area contributed by atoms with E-state index < -0.39 is 5.60 Å². The predicted octanol–water partition coefficient (Wildman–Crippen LogP) is 1.76. The molecule has 5 heterocycles. The Morgan fingerprint density at radius 2 is 1.82 bits per heavy atom. The third kappa shape index (κ3) is 4.14. The quantitative estimate of drug-likeness (QED) is 0.334. The summed E-state index contributed by atoms with van der Waals surface area (Å²) in [6.07, 6.45) is 6.44. The highest BCUT2D eigenvalue weighted by atomic mass is 19.1. The smallest absolute Gasteiger partial charge is 0.225 e. The first-order valence-corrected chi connectivity index (χ1v) is 13.1. The molecule has 0 bridgehead atoms. The van der Waals surface area contributed by atoms with Gasteiger partial charge in [0.15, 0.2) is 11.3 Å². The van der Waals surface area contributed by atoms with Crippen molar-refractivity contribution in [1.82, 2.24) is 44.2 Å². The molecule has 4 aromatic heterocycles. The number of halogens is 1. The van der Waals surface area contributed by atoms with Crippen molar-refractivity contribution >= 4 is 28.3 Å². The normalized spacial score (nSPS) is 17.4. The van der Waals surface area contributed by atoms with Gasteiger partial charge in [-0.15, -0.1) is 5.10 Å². The molecule has 200 valence electrons. The summed E-state index contributed by atoms with van der Waals surface area (Å²) in [7, 11) is 0. The van der Waals surface area contributed by atoms with Gasteiger partial charge in [0.05, 0.1) is 35.1 Å². The third-order valence-electron chi connectivity index (χ3n) is 7.74. The molecule has 7 rings (SSSR count). The van der Waals surface area contributed by atoms with Crippen LogP contribution >= 0.6 is 0 Å². The predicted molar refractivity (Wildman–Crippen MR) is 142 cm³/mol. The van der Waals surface area contributed by atoms with Crippen molar-refractivity contribution in [1.29, 1.82) is 0 Å². The molecule has 1 aromatic carbocycles. The number of aromatic nitrogens is 8. The minimum Gasteiger partial charge on any atom is -0.385 e. The van der Waals surface area contributed by atoms with Crippen molar-refractivity contribution < 1.29 is 9.50 Å². The number of nitrogen functional groups attached to an aromatic ring is 1. The van der Waals surface area contributed by atoms with Crippen LogP contribution in [0.4, 0.5) is 16.0 Å². The van der Waals surface area contributed by atoms with E-state index in [1.54, 1.807) is 24.7 Å². The molecule has 0 spiro atoms. The number of nitrogens with two attached hydrogens (primary N) is 1. The van der Waals surface area contributed by atoms with Crippen LogP contribution in [0.25, 0.3) is 28.2 Å². The van der Waals surface area contributed by atoms with E-state index in [1.165, 1.54) is 10.6 Å². The molecule has 0 atom stereocenters. The zero-order valence-corrected chi connectivity index (χ0v) is 21.5. The van der Waals surface area contributed by atoms with E-state index in [0.29, 0.717) is 48.1 Å². The van der Waals surface area contributed by atoms with Crippen molar-refractivity contribution in [3.8, 4) is 11.5 Å². The molecule has 0 amide bonds. The van der Waals surface area contributed by atoms with Crippen LogP contribution in [0.3, 0.4) is 0 Å². The van der Waals surface area contributed by atoms with E-state index >= 15 is 0 Å². The van der Waals surface area contributed by atoms with Crippen LogP contribution in [0.5, 0.6) is 0 Å². The van der Waals surface area contributed by atoms with Gasteiger partial charge in [-0.25, -0.2) is 19.0 Å². The summed E-state index contributed by atoms with van der Waals surface area (Å²) in [5, 5.41) is 20.3. The molecule has 3 N–H and O–H groups in total. The van der Waals surface area contributed by atoms with Crippen molar-refractivity contribution in [2.24, 2.45) is 0 Å². The molecule has 0 unspecified atom stereocenters. The van der Waals surface area contributed by atoms with Gasteiger partial charge >= 0.3 is 0 Å². The summed E-state index contributed by atoms with van der Waals surface area (Å²) in [6.45, 7) is 6.22. The van der Waals surface area contributed by atoms with Crippen molar-refractivity contribution in [3.63, 3.8) is 0 Å². The fraction of sp³-hybridized carbons (Fsp3) is 0.385. The van der Waals surface area contributed by atoms with E-state index in [2.05, 4.69) is 39.9 Å². The lowest BCUT2D eigenvalue weighted by Crippen LogP contribution is -2.47. The monoisotopic (exact) mass is 529 g/mol. The number of piperazine rings is 1. The fourth-order valence-electron chi connectivity index (χ4n) is 5.25. The standard InChI is InChI=1S/C26H28FN11O/c1-16-21(30-7-6-29-16)22-32-24-18-15-31-37(23(18)33-25(28)38(24)34-22)13-10-35-8-11-36(12-9-35)20-14-17(2-3-19(20)27)26(39)4-5-26/h2-3,6-7,14-15,39H,4-5,8-13H2,1H3,(H2,28,33). The van der Waals surface area contributed by atoms with E-state index in [0.717, 1.165) is 49.1 Å². The van der Waals surface area contributed by atoms with Crippen LogP contribution in [0, 0.1) is 12.7 Å². The molecule has 2 aliphatic rings. The number of aryl methyl sites for hydroxylation is 1. The van der Waals surface area contributed by atoms with Crippen LogP contribution in [-0.4, -0.2) is 82.1 Å². The molecule has 1 saturated carbocycles. The minimum absolute atomic E-state index is 0.216. The van der Waals surface area contributed by atoms with E-state index in [9.17, 15) is 9.50 Å². The Bertz CT molecular complexity index is 1700. The Hall–Kier alpha value is -4.23. The molecule has 1 saturated heterocycles. The molecular formula is C26H28FN11O. The summed E-state index contributed by atoms with van der Waals surface area (Å²) in [5.74, 6) is 0.398. The maximum absolute atomic E-state index is 14.6. The number of nitrogens with zero attached hydrogens (tertiary/aromatic N) is 10. The van der Waals surface area contributed by atoms with Crippen molar-refractivity contribution in [3.05, 3.63) is 53.9 Å². The highest BCUT2D eigenvalue weighted by Crippen LogP contribution is 2.46. The molecule has 12 nitrogen and oxygen atoms in total. The summed E-state index contributed by atoms with van der Waals surface area (Å²) >= 11 is 0. The molecule has 5 aromatic rings. The first-order chi connectivity index (χ1) is 18.9. The number of aliphatic hydroxyl groups is 1. The number of rotatable bonds is 6. The third-order valence-corrected chi connectivity index (χ3v) is 7.74. The first kappa shape index (κ1) is 23.9. The molecular weight excluding hydrogens is 501 g/mol. The summed E-state index contributed by atoms with van der Waals surface area (Å²) in [5.41, 5.74) is 9.38. The largest absolute Gasteiger partial charge is 0.385 e. The van der Waals surface area contributed by atoms with Crippen molar-refractivity contribution in [2.75, 3.05) is 43.4 Å². The number of benzene rings is 1.